The molecule has 0 aromatic heterocycles. The first-order valence-corrected chi connectivity index (χ1v) is 4.84. The minimum absolute atomic E-state index is 0.0507. The third-order valence-electron chi connectivity index (χ3n) is 1.82. The number of hydrogen-bond donors (Lipinski definition) is 2. The van der Waals surface area contributed by atoms with E-state index in [2.05, 4.69) is 15.6 Å². The highest BCUT2D eigenvalue weighted by Gasteiger charge is 2.05. The number of carbonyl (C=O) groups excluding carboxylic acids is 1. The SMILES string of the molecule is CN/C=C(C)/N=C\N(C)C(C)NC(C)=O. The predicted molar refractivity (Wildman–Crippen MR) is 62.4 cm³/mol. The minimum Gasteiger partial charge on any atom is -0.393 e. The Morgan fingerprint density at radius 3 is 2.53 bits per heavy atom. The molecule has 1 unspecified atom stereocenters. The molecule has 0 aliphatic heterocycles. The van der Waals surface area contributed by atoms with Crippen molar-refractivity contribution in [3.8, 4) is 0 Å². The van der Waals surface area contributed by atoms with E-state index in [4.69, 9.17) is 0 Å². The summed E-state index contributed by atoms with van der Waals surface area (Å²) < 4.78 is 0. The number of amides is 1. The van der Waals surface area contributed by atoms with E-state index in [0.29, 0.717) is 0 Å². The van der Waals surface area contributed by atoms with Crippen LogP contribution in [0.5, 0.6) is 0 Å². The lowest BCUT2D eigenvalue weighted by Gasteiger charge is -2.22. The van der Waals surface area contributed by atoms with Crippen LogP contribution in [0.3, 0.4) is 0 Å². The van der Waals surface area contributed by atoms with Crippen molar-refractivity contribution in [3.05, 3.63) is 11.9 Å². The number of allylic oxidation sites excluding steroid dienone is 1. The highest BCUT2D eigenvalue weighted by Crippen LogP contribution is 1.93. The average Bonchev–Trinajstić information content (AvgIpc) is 2.13. The highest BCUT2D eigenvalue weighted by molar-refractivity contribution is 5.73. The standard InChI is InChI=1S/C10H20N4O/c1-8(6-11-4)12-7-14(5)9(2)13-10(3)15/h6-7,9,11H,1-5H3,(H,13,15)/b8-6+,12-7-. The Bertz CT molecular complexity index is 260. The van der Waals surface area contributed by atoms with E-state index in [1.54, 1.807) is 12.5 Å². The number of nitrogens with zero attached hydrogens (tertiary/aromatic N) is 2. The first kappa shape index (κ1) is 13.5. The molecule has 15 heavy (non-hydrogen) atoms. The lowest BCUT2D eigenvalue weighted by Crippen LogP contribution is -2.42. The molecule has 0 aliphatic rings. The first-order chi connectivity index (χ1) is 6.97. The number of carbonyl (C=O) groups is 1. The molecule has 2 N–H and O–H groups in total. The van der Waals surface area contributed by atoms with Gasteiger partial charge in [0.15, 0.2) is 0 Å². The number of rotatable bonds is 5. The second-order valence-corrected chi connectivity index (χ2v) is 3.36. The van der Waals surface area contributed by atoms with Gasteiger partial charge in [-0.15, -0.1) is 0 Å². The monoisotopic (exact) mass is 212 g/mol. The third kappa shape index (κ3) is 6.54. The third-order valence-corrected chi connectivity index (χ3v) is 1.82. The molecule has 0 radical (unpaired) electrons. The fourth-order valence-electron chi connectivity index (χ4n) is 0.924. The van der Waals surface area contributed by atoms with Crippen molar-refractivity contribution in [2.75, 3.05) is 14.1 Å². The van der Waals surface area contributed by atoms with Gasteiger partial charge in [0.05, 0.1) is 18.2 Å². The topological polar surface area (TPSA) is 56.7 Å². The predicted octanol–water partition coefficient (Wildman–Crippen LogP) is 0.509. The maximum atomic E-state index is 10.8. The summed E-state index contributed by atoms with van der Waals surface area (Å²) in [6.07, 6.45) is 3.42. The van der Waals surface area contributed by atoms with Gasteiger partial charge in [0.2, 0.25) is 5.91 Å². The van der Waals surface area contributed by atoms with Crippen molar-refractivity contribution >= 4 is 12.2 Å². The summed E-state index contributed by atoms with van der Waals surface area (Å²) in [5, 5.41) is 5.65. The van der Waals surface area contributed by atoms with Gasteiger partial charge in [-0.25, -0.2) is 4.99 Å². The van der Waals surface area contributed by atoms with E-state index in [0.717, 1.165) is 5.70 Å². The molecule has 1 amide bonds. The van der Waals surface area contributed by atoms with E-state index in [-0.39, 0.29) is 12.1 Å². The number of aliphatic imine (C=N–C) groups is 1. The fourth-order valence-corrected chi connectivity index (χ4v) is 0.924. The Hall–Kier alpha value is -1.52. The molecular formula is C10H20N4O. The lowest BCUT2D eigenvalue weighted by atomic mass is 10.5. The summed E-state index contributed by atoms with van der Waals surface area (Å²) in [5.41, 5.74) is 0.874. The molecule has 0 aliphatic carbocycles. The lowest BCUT2D eigenvalue weighted by molar-refractivity contribution is -0.120. The minimum atomic E-state index is -0.0614. The van der Waals surface area contributed by atoms with Gasteiger partial charge < -0.3 is 15.5 Å². The zero-order valence-electron chi connectivity index (χ0n) is 10.0. The van der Waals surface area contributed by atoms with Gasteiger partial charge in [-0.3, -0.25) is 4.79 Å². The van der Waals surface area contributed by atoms with Crippen molar-refractivity contribution < 1.29 is 4.79 Å². The van der Waals surface area contributed by atoms with E-state index in [1.165, 1.54) is 6.92 Å². The molecular weight excluding hydrogens is 192 g/mol. The molecule has 1 atom stereocenters. The summed E-state index contributed by atoms with van der Waals surface area (Å²) in [7, 11) is 3.68. The Morgan fingerprint density at radius 1 is 1.47 bits per heavy atom. The summed E-state index contributed by atoms with van der Waals surface area (Å²) in [6.45, 7) is 5.28. The van der Waals surface area contributed by atoms with Crippen LogP contribution in [0.1, 0.15) is 20.8 Å². The fraction of sp³-hybridized carbons (Fsp3) is 0.600. The van der Waals surface area contributed by atoms with Crippen LogP contribution >= 0.6 is 0 Å². The van der Waals surface area contributed by atoms with Crippen molar-refractivity contribution in [2.24, 2.45) is 4.99 Å². The molecule has 0 aromatic rings. The Balaban J connectivity index is 4.17. The van der Waals surface area contributed by atoms with Gasteiger partial charge in [-0.2, -0.15) is 0 Å². The van der Waals surface area contributed by atoms with Crippen molar-refractivity contribution in [3.63, 3.8) is 0 Å². The molecule has 0 rings (SSSR count). The van der Waals surface area contributed by atoms with Crippen molar-refractivity contribution in [2.45, 2.75) is 26.9 Å². The summed E-state index contributed by atoms with van der Waals surface area (Å²) in [6, 6.07) is 0. The van der Waals surface area contributed by atoms with Gasteiger partial charge in [-0.1, -0.05) is 0 Å². The van der Waals surface area contributed by atoms with Crippen LogP contribution in [0.25, 0.3) is 0 Å². The quantitative estimate of drug-likeness (QED) is 0.396. The Labute approximate surface area is 91.3 Å². The zero-order valence-corrected chi connectivity index (χ0v) is 10.0. The van der Waals surface area contributed by atoms with Crippen LogP contribution in [0.15, 0.2) is 16.9 Å². The zero-order chi connectivity index (χ0) is 11.8. The molecule has 86 valence electrons. The maximum absolute atomic E-state index is 10.8. The van der Waals surface area contributed by atoms with E-state index in [9.17, 15) is 4.79 Å². The number of hydrogen-bond acceptors (Lipinski definition) is 3. The molecule has 0 saturated carbocycles. The molecule has 0 spiro atoms. The average molecular weight is 212 g/mol. The van der Waals surface area contributed by atoms with Crippen molar-refractivity contribution in [1.29, 1.82) is 0 Å². The van der Waals surface area contributed by atoms with Gasteiger partial charge >= 0.3 is 0 Å². The van der Waals surface area contributed by atoms with E-state index >= 15 is 0 Å². The molecule has 0 bridgehead atoms. The van der Waals surface area contributed by atoms with Crippen LogP contribution in [-0.4, -0.2) is 37.4 Å². The Kier molecular flexibility index (Phi) is 6.17. The van der Waals surface area contributed by atoms with Crippen LogP contribution in [0.4, 0.5) is 0 Å². The van der Waals surface area contributed by atoms with E-state index < -0.39 is 0 Å². The maximum Gasteiger partial charge on any atom is 0.218 e. The molecule has 0 aromatic carbocycles. The largest absolute Gasteiger partial charge is 0.393 e. The molecule has 0 saturated heterocycles. The van der Waals surface area contributed by atoms with Crippen LogP contribution < -0.4 is 10.6 Å². The van der Waals surface area contributed by atoms with Gasteiger partial charge in [0.25, 0.3) is 0 Å². The second kappa shape index (κ2) is 6.86. The van der Waals surface area contributed by atoms with Crippen molar-refractivity contribution in [1.82, 2.24) is 15.5 Å². The van der Waals surface area contributed by atoms with Gasteiger partial charge in [-0.05, 0) is 13.8 Å². The van der Waals surface area contributed by atoms with Gasteiger partial charge in [0, 0.05) is 27.2 Å². The summed E-state index contributed by atoms with van der Waals surface area (Å²) in [4.78, 5) is 16.8. The molecule has 0 fully saturated rings. The summed E-state index contributed by atoms with van der Waals surface area (Å²) >= 11 is 0. The second-order valence-electron chi connectivity index (χ2n) is 3.36. The van der Waals surface area contributed by atoms with E-state index in [1.807, 2.05) is 32.8 Å². The number of nitrogens with one attached hydrogen (secondary N) is 2. The van der Waals surface area contributed by atoms with Crippen LogP contribution in [0, 0.1) is 0 Å². The summed E-state index contributed by atoms with van der Waals surface area (Å²) in [5.74, 6) is -0.0507. The smallest absolute Gasteiger partial charge is 0.218 e. The van der Waals surface area contributed by atoms with Crippen LogP contribution in [0.2, 0.25) is 0 Å². The van der Waals surface area contributed by atoms with Crippen LogP contribution in [-0.2, 0) is 4.79 Å². The molecule has 0 heterocycles. The van der Waals surface area contributed by atoms with Gasteiger partial charge in [0.1, 0.15) is 0 Å². The molecule has 5 nitrogen and oxygen atoms in total. The first-order valence-electron chi connectivity index (χ1n) is 4.84. The Morgan fingerprint density at radius 2 is 2.07 bits per heavy atom. The molecule has 5 heteroatoms. The normalized spacial score (nSPS) is 13.8. The highest BCUT2D eigenvalue weighted by atomic mass is 16.1.